The van der Waals surface area contributed by atoms with E-state index in [0.29, 0.717) is 23.7 Å². The van der Waals surface area contributed by atoms with Crippen molar-refractivity contribution in [2.45, 2.75) is 6.61 Å². The third kappa shape index (κ3) is 6.71. The summed E-state index contributed by atoms with van der Waals surface area (Å²) in [7, 11) is 1.52. The predicted molar refractivity (Wildman–Crippen MR) is 145 cm³/mol. The van der Waals surface area contributed by atoms with E-state index >= 15 is 0 Å². The van der Waals surface area contributed by atoms with E-state index in [0.717, 1.165) is 12.7 Å². The Morgan fingerprint density at radius 2 is 1.85 bits per heavy atom. The van der Waals surface area contributed by atoms with E-state index in [2.05, 4.69) is 50.5 Å². The van der Waals surface area contributed by atoms with Gasteiger partial charge in [0, 0.05) is 9.26 Å². The number of aromatic carboxylic acids is 1. The van der Waals surface area contributed by atoms with Gasteiger partial charge in [0.2, 0.25) is 0 Å². The number of carbonyl (C=O) groups is 2. The molecule has 0 aromatic heterocycles. The molecule has 172 valence electrons. The van der Waals surface area contributed by atoms with Gasteiger partial charge in [-0.1, -0.05) is 18.2 Å². The molecule has 0 aliphatic heterocycles. The minimum absolute atomic E-state index is 0.0282. The molecule has 1 amide bonds. The molecular formula is C25H18I2N2O5. The predicted octanol–water partition coefficient (Wildman–Crippen LogP) is 5.73. The molecule has 0 saturated carbocycles. The summed E-state index contributed by atoms with van der Waals surface area (Å²) in [5.41, 5.74) is 1.75. The van der Waals surface area contributed by atoms with Gasteiger partial charge in [-0.2, -0.15) is 5.26 Å². The van der Waals surface area contributed by atoms with Crippen molar-refractivity contribution in [3.8, 4) is 17.6 Å². The fraction of sp³-hybridized carbons (Fsp3) is 0.0800. The summed E-state index contributed by atoms with van der Waals surface area (Å²) >= 11 is 4.35. The number of hydrogen-bond acceptors (Lipinski definition) is 5. The number of rotatable bonds is 8. The van der Waals surface area contributed by atoms with Crippen molar-refractivity contribution in [2.75, 3.05) is 12.4 Å². The Hall–Kier alpha value is -3.11. The van der Waals surface area contributed by atoms with Gasteiger partial charge < -0.3 is 19.9 Å². The van der Waals surface area contributed by atoms with Gasteiger partial charge in [-0.3, -0.25) is 4.79 Å². The van der Waals surface area contributed by atoms with E-state index in [-0.39, 0.29) is 16.8 Å². The number of anilines is 1. The van der Waals surface area contributed by atoms with Gasteiger partial charge >= 0.3 is 5.97 Å². The van der Waals surface area contributed by atoms with Gasteiger partial charge in [0.15, 0.2) is 11.5 Å². The highest BCUT2D eigenvalue weighted by molar-refractivity contribution is 14.1. The molecule has 0 aliphatic carbocycles. The van der Waals surface area contributed by atoms with Crippen molar-refractivity contribution >= 4 is 68.8 Å². The van der Waals surface area contributed by atoms with Crippen LogP contribution in [0.1, 0.15) is 21.5 Å². The van der Waals surface area contributed by atoms with Crippen molar-refractivity contribution < 1.29 is 24.2 Å². The zero-order valence-corrected chi connectivity index (χ0v) is 22.2. The molecule has 0 heterocycles. The Bertz CT molecular complexity index is 1300. The lowest BCUT2D eigenvalue weighted by Crippen LogP contribution is -2.14. The van der Waals surface area contributed by atoms with E-state index < -0.39 is 11.9 Å². The second-order valence-electron chi connectivity index (χ2n) is 6.96. The highest BCUT2D eigenvalue weighted by atomic mass is 127. The minimum atomic E-state index is -1.11. The molecule has 34 heavy (non-hydrogen) atoms. The highest BCUT2D eigenvalue weighted by Gasteiger charge is 2.15. The normalized spacial score (nSPS) is 10.8. The van der Waals surface area contributed by atoms with Crippen LogP contribution in [0.2, 0.25) is 0 Å². The van der Waals surface area contributed by atoms with Crippen molar-refractivity contribution in [1.82, 2.24) is 0 Å². The van der Waals surface area contributed by atoms with Crippen LogP contribution < -0.4 is 14.8 Å². The van der Waals surface area contributed by atoms with E-state index in [9.17, 15) is 14.9 Å². The summed E-state index contributed by atoms with van der Waals surface area (Å²) in [4.78, 5) is 23.7. The third-order valence-corrected chi connectivity index (χ3v) is 6.11. The zero-order chi connectivity index (χ0) is 24.7. The van der Waals surface area contributed by atoms with E-state index in [1.54, 1.807) is 18.2 Å². The monoisotopic (exact) mass is 680 g/mol. The van der Waals surface area contributed by atoms with Crippen LogP contribution in [0.15, 0.2) is 66.2 Å². The van der Waals surface area contributed by atoms with Crippen LogP contribution in [0.4, 0.5) is 5.69 Å². The molecule has 7 nitrogen and oxygen atoms in total. The zero-order valence-electron chi connectivity index (χ0n) is 17.8. The average molecular weight is 680 g/mol. The van der Waals surface area contributed by atoms with Crippen LogP contribution in [0.25, 0.3) is 6.08 Å². The van der Waals surface area contributed by atoms with Crippen LogP contribution in [0.3, 0.4) is 0 Å². The molecule has 0 atom stereocenters. The first-order valence-electron chi connectivity index (χ1n) is 9.82. The molecule has 0 fully saturated rings. The number of methoxy groups -OCH3 is 1. The standard InChI is InChI=1S/C25H18I2N2O5/c1-33-22-11-16(10-21(27)23(22)34-14-15-5-7-19(26)8-6-15)9-18(13-28)24(30)29-20-4-2-3-17(12-20)25(31)32/h2-12H,14H2,1H3,(H,29,30)(H,31,32)/b18-9-. The van der Waals surface area contributed by atoms with E-state index in [4.69, 9.17) is 14.6 Å². The number of ether oxygens (including phenoxy) is 2. The molecule has 2 N–H and O–H groups in total. The fourth-order valence-electron chi connectivity index (χ4n) is 2.94. The van der Waals surface area contributed by atoms with Crippen molar-refractivity contribution in [3.05, 3.63) is 90.1 Å². The van der Waals surface area contributed by atoms with Gasteiger partial charge in [0.1, 0.15) is 18.2 Å². The Morgan fingerprint density at radius 3 is 2.50 bits per heavy atom. The number of carboxylic acid groups (broad SMARTS) is 1. The Morgan fingerprint density at radius 1 is 1.12 bits per heavy atom. The van der Waals surface area contributed by atoms with Crippen LogP contribution in [0, 0.1) is 18.5 Å². The SMILES string of the molecule is COc1cc(/C=C(/C#N)C(=O)Nc2cccc(C(=O)O)c2)cc(I)c1OCc1ccc(I)cc1. The summed E-state index contributed by atoms with van der Waals surface area (Å²) in [6, 6.07) is 19.1. The quantitative estimate of drug-likeness (QED) is 0.179. The second-order valence-corrected chi connectivity index (χ2v) is 9.37. The Labute approximate surface area is 223 Å². The maximum absolute atomic E-state index is 12.6. The lowest BCUT2D eigenvalue weighted by Gasteiger charge is -2.14. The summed E-state index contributed by atoms with van der Waals surface area (Å²) in [6.45, 7) is 0.361. The second kappa shape index (κ2) is 11.8. The molecule has 0 unspecified atom stereocenters. The number of benzene rings is 3. The number of carbonyl (C=O) groups excluding carboxylic acids is 1. The first-order valence-corrected chi connectivity index (χ1v) is 12.0. The van der Waals surface area contributed by atoms with E-state index in [1.165, 1.54) is 31.4 Å². The largest absolute Gasteiger partial charge is 0.493 e. The first-order chi connectivity index (χ1) is 16.3. The fourth-order valence-corrected chi connectivity index (χ4v) is 4.08. The average Bonchev–Trinajstić information content (AvgIpc) is 2.82. The number of nitrogens with one attached hydrogen (secondary N) is 1. The topological polar surface area (TPSA) is 109 Å². The first kappa shape index (κ1) is 25.5. The van der Waals surface area contributed by atoms with Crippen LogP contribution in [-0.4, -0.2) is 24.1 Å². The highest BCUT2D eigenvalue weighted by Crippen LogP contribution is 2.35. The molecule has 0 saturated heterocycles. The maximum Gasteiger partial charge on any atom is 0.335 e. The smallest absolute Gasteiger partial charge is 0.335 e. The molecule has 3 aromatic carbocycles. The van der Waals surface area contributed by atoms with Crippen LogP contribution in [0.5, 0.6) is 11.5 Å². The number of carboxylic acids is 1. The lowest BCUT2D eigenvalue weighted by molar-refractivity contribution is -0.112. The number of hydrogen-bond donors (Lipinski definition) is 2. The molecule has 0 aliphatic rings. The van der Waals surface area contributed by atoms with Crippen molar-refractivity contribution in [2.24, 2.45) is 0 Å². The molecule has 3 rings (SSSR count). The van der Waals surface area contributed by atoms with Crippen LogP contribution in [-0.2, 0) is 11.4 Å². The number of amides is 1. The number of halogens is 2. The van der Waals surface area contributed by atoms with Gasteiger partial charge in [-0.05, 0) is 105 Å². The molecular weight excluding hydrogens is 662 g/mol. The van der Waals surface area contributed by atoms with E-state index in [1.807, 2.05) is 30.3 Å². The van der Waals surface area contributed by atoms with Gasteiger partial charge in [0.25, 0.3) is 5.91 Å². The third-order valence-electron chi connectivity index (χ3n) is 4.59. The van der Waals surface area contributed by atoms with Gasteiger partial charge in [-0.25, -0.2) is 4.79 Å². The van der Waals surface area contributed by atoms with Crippen molar-refractivity contribution in [1.29, 1.82) is 5.26 Å². The molecule has 0 radical (unpaired) electrons. The number of nitrogens with zero attached hydrogens (tertiary/aromatic N) is 1. The molecule has 9 heteroatoms. The Kier molecular flexibility index (Phi) is 8.89. The summed E-state index contributed by atoms with van der Waals surface area (Å²) in [5.74, 6) is -0.737. The Balaban J connectivity index is 1.81. The minimum Gasteiger partial charge on any atom is -0.493 e. The van der Waals surface area contributed by atoms with Crippen molar-refractivity contribution in [3.63, 3.8) is 0 Å². The van der Waals surface area contributed by atoms with Gasteiger partial charge in [-0.15, -0.1) is 0 Å². The number of nitriles is 1. The maximum atomic E-state index is 12.6. The molecule has 3 aromatic rings. The summed E-state index contributed by atoms with van der Waals surface area (Å²) in [5, 5.41) is 21.2. The summed E-state index contributed by atoms with van der Waals surface area (Å²) in [6.07, 6.45) is 1.43. The van der Waals surface area contributed by atoms with Gasteiger partial charge in [0.05, 0.1) is 16.2 Å². The molecule has 0 spiro atoms. The van der Waals surface area contributed by atoms with Crippen LogP contribution >= 0.6 is 45.2 Å². The summed E-state index contributed by atoms with van der Waals surface area (Å²) < 4.78 is 13.3. The lowest BCUT2D eigenvalue weighted by atomic mass is 10.1. The molecule has 0 bridgehead atoms.